The molecule has 0 fully saturated rings. The van der Waals surface area contributed by atoms with Gasteiger partial charge in [-0.15, -0.1) is 0 Å². The van der Waals surface area contributed by atoms with Gasteiger partial charge in [-0.1, -0.05) is 36.4 Å². The second kappa shape index (κ2) is 5.97. The number of nitrogens with zero attached hydrogens (tertiary/aromatic N) is 1. The van der Waals surface area contributed by atoms with E-state index in [0.29, 0.717) is 12.1 Å². The molecule has 0 bridgehead atoms. The molecule has 0 radical (unpaired) electrons. The molecule has 0 aromatic heterocycles. The Morgan fingerprint density at radius 1 is 1.05 bits per heavy atom. The fourth-order valence-electron chi connectivity index (χ4n) is 1.86. The first kappa shape index (κ1) is 13.0. The van der Waals surface area contributed by atoms with Gasteiger partial charge in [0.25, 0.3) is 5.69 Å². The fourth-order valence-corrected chi connectivity index (χ4v) is 1.86. The number of nitrogens with one attached hydrogen (secondary N) is 1. The Kier molecular flexibility index (Phi) is 4.10. The van der Waals surface area contributed by atoms with E-state index >= 15 is 0 Å². The Morgan fingerprint density at radius 3 is 2.37 bits per heavy atom. The summed E-state index contributed by atoms with van der Waals surface area (Å²) in [5.74, 6) is 0. The summed E-state index contributed by atoms with van der Waals surface area (Å²) in [6.07, 6.45) is 0. The van der Waals surface area contributed by atoms with Crippen LogP contribution < -0.4 is 5.32 Å². The third kappa shape index (κ3) is 3.08. The van der Waals surface area contributed by atoms with E-state index in [0.717, 1.165) is 11.3 Å². The van der Waals surface area contributed by atoms with Crippen LogP contribution in [0, 0.1) is 10.1 Å². The van der Waals surface area contributed by atoms with Crippen LogP contribution in [0.15, 0.2) is 48.5 Å². The minimum atomic E-state index is -0.394. The summed E-state index contributed by atoms with van der Waals surface area (Å²) < 4.78 is 0. The average molecular weight is 258 g/mol. The van der Waals surface area contributed by atoms with Gasteiger partial charge in [-0.05, 0) is 6.07 Å². The third-order valence-corrected chi connectivity index (χ3v) is 2.85. The summed E-state index contributed by atoms with van der Waals surface area (Å²) in [4.78, 5) is 10.5. The van der Waals surface area contributed by atoms with Gasteiger partial charge in [0.15, 0.2) is 0 Å². The third-order valence-electron chi connectivity index (χ3n) is 2.85. The van der Waals surface area contributed by atoms with Gasteiger partial charge in [-0.25, -0.2) is 0 Å². The molecule has 0 aliphatic rings. The minimum Gasteiger partial charge on any atom is -0.392 e. The molecule has 0 spiro atoms. The monoisotopic (exact) mass is 258 g/mol. The van der Waals surface area contributed by atoms with Crippen LogP contribution >= 0.6 is 0 Å². The van der Waals surface area contributed by atoms with Crippen molar-refractivity contribution in [2.75, 3.05) is 5.32 Å². The molecule has 0 unspecified atom stereocenters. The van der Waals surface area contributed by atoms with Crippen molar-refractivity contribution in [1.82, 2.24) is 0 Å². The van der Waals surface area contributed by atoms with Gasteiger partial charge >= 0.3 is 0 Å². The molecule has 2 aromatic rings. The van der Waals surface area contributed by atoms with E-state index in [4.69, 9.17) is 0 Å². The predicted molar refractivity (Wildman–Crippen MR) is 72.8 cm³/mol. The van der Waals surface area contributed by atoms with E-state index in [-0.39, 0.29) is 12.3 Å². The highest BCUT2D eigenvalue weighted by Crippen LogP contribution is 2.21. The summed E-state index contributed by atoms with van der Waals surface area (Å²) in [7, 11) is 0. The molecular weight excluding hydrogens is 244 g/mol. The fraction of sp³-hybridized carbons (Fsp3) is 0.143. The molecule has 2 rings (SSSR count). The number of benzene rings is 2. The number of anilines is 1. The van der Waals surface area contributed by atoms with Crippen LogP contribution in [0.4, 0.5) is 11.4 Å². The first-order chi connectivity index (χ1) is 9.22. The van der Waals surface area contributed by atoms with E-state index in [2.05, 4.69) is 5.32 Å². The van der Waals surface area contributed by atoms with Gasteiger partial charge in [0.1, 0.15) is 0 Å². The van der Waals surface area contributed by atoms with Gasteiger partial charge in [0.2, 0.25) is 0 Å². The smallest absolute Gasteiger partial charge is 0.274 e. The number of aliphatic hydroxyl groups excluding tert-OH is 1. The second-order valence-corrected chi connectivity index (χ2v) is 4.05. The van der Waals surface area contributed by atoms with Gasteiger partial charge < -0.3 is 10.4 Å². The van der Waals surface area contributed by atoms with Gasteiger partial charge in [0, 0.05) is 29.4 Å². The Hall–Kier alpha value is -2.40. The van der Waals surface area contributed by atoms with E-state index in [1.165, 1.54) is 6.07 Å². The van der Waals surface area contributed by atoms with Crippen LogP contribution in [0.2, 0.25) is 0 Å². The molecule has 2 N–H and O–H groups in total. The summed E-state index contributed by atoms with van der Waals surface area (Å²) in [5, 5.41) is 23.2. The largest absolute Gasteiger partial charge is 0.392 e. The number of rotatable bonds is 5. The molecule has 0 aliphatic heterocycles. The molecule has 19 heavy (non-hydrogen) atoms. The number of nitro benzene ring substituents is 1. The minimum absolute atomic E-state index is 0.0694. The number of para-hydroxylation sites is 2. The predicted octanol–water partition coefficient (Wildman–Crippen LogP) is 2.70. The van der Waals surface area contributed by atoms with Crippen molar-refractivity contribution in [1.29, 1.82) is 0 Å². The molecule has 0 heterocycles. The van der Waals surface area contributed by atoms with Crippen molar-refractivity contribution in [3.63, 3.8) is 0 Å². The number of aliphatic hydroxyl groups is 1. The molecule has 98 valence electrons. The van der Waals surface area contributed by atoms with E-state index in [9.17, 15) is 15.2 Å². The molecule has 0 atom stereocenters. The maximum atomic E-state index is 10.9. The van der Waals surface area contributed by atoms with Gasteiger partial charge in [0.05, 0.1) is 11.5 Å². The second-order valence-electron chi connectivity index (χ2n) is 4.05. The van der Waals surface area contributed by atoms with Crippen molar-refractivity contribution < 1.29 is 10.0 Å². The normalized spacial score (nSPS) is 10.2. The average Bonchev–Trinajstić information content (AvgIpc) is 2.45. The van der Waals surface area contributed by atoms with Crippen molar-refractivity contribution in [2.24, 2.45) is 0 Å². The maximum Gasteiger partial charge on any atom is 0.274 e. The van der Waals surface area contributed by atoms with E-state index in [1.54, 1.807) is 18.2 Å². The summed E-state index contributed by atoms with van der Waals surface area (Å²) in [6, 6.07) is 13.9. The first-order valence-corrected chi connectivity index (χ1v) is 5.87. The zero-order valence-electron chi connectivity index (χ0n) is 10.2. The molecule has 0 saturated carbocycles. The topological polar surface area (TPSA) is 75.4 Å². The quantitative estimate of drug-likeness (QED) is 0.638. The highest BCUT2D eigenvalue weighted by atomic mass is 16.6. The zero-order valence-corrected chi connectivity index (χ0v) is 10.2. The summed E-state index contributed by atoms with van der Waals surface area (Å²) in [6.45, 7) is 0.272. The van der Waals surface area contributed by atoms with Crippen molar-refractivity contribution >= 4 is 11.4 Å². The van der Waals surface area contributed by atoms with Crippen LogP contribution in [0.3, 0.4) is 0 Å². The highest BCUT2D eigenvalue weighted by Gasteiger charge is 2.12. The number of hydrogen-bond donors (Lipinski definition) is 2. The van der Waals surface area contributed by atoms with Crippen LogP contribution in [-0.2, 0) is 13.2 Å². The number of hydrogen-bond acceptors (Lipinski definition) is 4. The van der Waals surface area contributed by atoms with Crippen LogP contribution in [0.25, 0.3) is 0 Å². The van der Waals surface area contributed by atoms with Crippen LogP contribution in [0.1, 0.15) is 11.1 Å². The molecule has 5 heteroatoms. The lowest BCUT2D eigenvalue weighted by atomic mass is 10.1. The lowest BCUT2D eigenvalue weighted by Crippen LogP contribution is -2.04. The van der Waals surface area contributed by atoms with Crippen LogP contribution in [0.5, 0.6) is 0 Å². The lowest BCUT2D eigenvalue weighted by molar-refractivity contribution is -0.385. The highest BCUT2D eigenvalue weighted by molar-refractivity contribution is 5.52. The Balaban J connectivity index is 2.17. The SMILES string of the molecule is O=[N+]([O-])c1ccccc1CNc1ccccc1CO. The first-order valence-electron chi connectivity index (χ1n) is 5.87. The summed E-state index contributed by atoms with van der Waals surface area (Å²) >= 11 is 0. The maximum absolute atomic E-state index is 10.9. The Morgan fingerprint density at radius 2 is 1.68 bits per heavy atom. The molecule has 2 aromatic carbocycles. The zero-order chi connectivity index (χ0) is 13.7. The van der Waals surface area contributed by atoms with E-state index in [1.807, 2.05) is 24.3 Å². The van der Waals surface area contributed by atoms with Crippen molar-refractivity contribution in [3.05, 3.63) is 69.8 Å². The van der Waals surface area contributed by atoms with Gasteiger partial charge in [-0.2, -0.15) is 0 Å². The van der Waals surface area contributed by atoms with E-state index < -0.39 is 4.92 Å². The van der Waals surface area contributed by atoms with Crippen molar-refractivity contribution in [3.8, 4) is 0 Å². The molecule has 0 amide bonds. The standard InChI is InChI=1S/C14H14N2O3/c17-10-12-6-1-3-7-13(12)15-9-11-5-2-4-8-14(11)16(18)19/h1-8,15,17H,9-10H2. The lowest BCUT2D eigenvalue weighted by Gasteiger charge is -2.10. The molecule has 5 nitrogen and oxygen atoms in total. The summed E-state index contributed by atoms with van der Waals surface area (Å²) in [5.41, 5.74) is 2.25. The molecule has 0 saturated heterocycles. The molecular formula is C14H14N2O3. The molecule has 0 aliphatic carbocycles. The Bertz CT molecular complexity index is 584. The Labute approximate surface area is 110 Å². The number of nitro groups is 1. The van der Waals surface area contributed by atoms with Gasteiger partial charge in [-0.3, -0.25) is 10.1 Å². The van der Waals surface area contributed by atoms with Crippen LogP contribution in [-0.4, -0.2) is 10.0 Å². The van der Waals surface area contributed by atoms with Crippen molar-refractivity contribution in [2.45, 2.75) is 13.2 Å².